The second-order valence-electron chi connectivity index (χ2n) is 6.57. The predicted octanol–water partition coefficient (Wildman–Crippen LogP) is 3.14. The van der Waals surface area contributed by atoms with Crippen LogP contribution in [0.5, 0.6) is 0 Å². The SMILES string of the molecule is CCCn1ccnc1CN1CCCN(Cc2ccc(F)cc2)CC1. The second kappa shape index (κ2) is 8.40. The van der Waals surface area contributed by atoms with Gasteiger partial charge in [0, 0.05) is 38.6 Å². The summed E-state index contributed by atoms with van der Waals surface area (Å²) in [4.78, 5) is 9.49. The first-order valence-electron chi connectivity index (χ1n) is 8.94. The van der Waals surface area contributed by atoms with Crippen molar-refractivity contribution >= 4 is 0 Å². The summed E-state index contributed by atoms with van der Waals surface area (Å²) in [5, 5.41) is 0. The zero-order valence-electron chi connectivity index (χ0n) is 14.5. The largest absolute Gasteiger partial charge is 0.334 e. The molecule has 0 unspecified atom stereocenters. The maximum Gasteiger partial charge on any atom is 0.123 e. The smallest absolute Gasteiger partial charge is 0.123 e. The fourth-order valence-electron chi connectivity index (χ4n) is 3.32. The summed E-state index contributed by atoms with van der Waals surface area (Å²) in [5.41, 5.74) is 1.18. The predicted molar refractivity (Wildman–Crippen MR) is 94.1 cm³/mol. The number of hydrogen-bond acceptors (Lipinski definition) is 3. The second-order valence-corrected chi connectivity index (χ2v) is 6.57. The van der Waals surface area contributed by atoms with Gasteiger partial charge in [-0.3, -0.25) is 9.80 Å². The van der Waals surface area contributed by atoms with Crippen molar-refractivity contribution in [3.05, 3.63) is 53.9 Å². The summed E-state index contributed by atoms with van der Waals surface area (Å²) in [6.07, 6.45) is 6.28. The molecule has 0 bridgehead atoms. The number of aromatic nitrogens is 2. The highest BCUT2D eigenvalue weighted by Crippen LogP contribution is 2.12. The van der Waals surface area contributed by atoms with Gasteiger partial charge in [-0.15, -0.1) is 0 Å². The molecule has 0 aliphatic carbocycles. The van der Waals surface area contributed by atoms with Gasteiger partial charge >= 0.3 is 0 Å². The van der Waals surface area contributed by atoms with Crippen LogP contribution in [-0.4, -0.2) is 45.5 Å². The minimum Gasteiger partial charge on any atom is -0.334 e. The van der Waals surface area contributed by atoms with E-state index in [0.717, 1.165) is 58.7 Å². The lowest BCUT2D eigenvalue weighted by molar-refractivity contribution is 0.241. The third kappa shape index (κ3) is 4.65. The van der Waals surface area contributed by atoms with Crippen molar-refractivity contribution in [2.24, 2.45) is 0 Å². The Kier molecular flexibility index (Phi) is 5.99. The van der Waals surface area contributed by atoms with Crippen molar-refractivity contribution in [3.63, 3.8) is 0 Å². The normalized spacial score (nSPS) is 17.1. The van der Waals surface area contributed by atoms with E-state index < -0.39 is 0 Å². The van der Waals surface area contributed by atoms with E-state index in [1.807, 2.05) is 18.3 Å². The first-order chi connectivity index (χ1) is 11.7. The van der Waals surface area contributed by atoms with Crippen LogP contribution in [0.4, 0.5) is 4.39 Å². The monoisotopic (exact) mass is 330 g/mol. The van der Waals surface area contributed by atoms with Gasteiger partial charge in [-0.2, -0.15) is 0 Å². The molecular formula is C19H27FN4. The number of halogens is 1. The summed E-state index contributed by atoms with van der Waals surface area (Å²) < 4.78 is 15.3. The Balaban J connectivity index is 1.53. The maximum atomic E-state index is 13.0. The van der Waals surface area contributed by atoms with Crippen LogP contribution in [0.3, 0.4) is 0 Å². The Morgan fingerprint density at radius 3 is 2.42 bits per heavy atom. The van der Waals surface area contributed by atoms with Gasteiger partial charge in [-0.1, -0.05) is 19.1 Å². The quantitative estimate of drug-likeness (QED) is 0.813. The van der Waals surface area contributed by atoms with Gasteiger partial charge in [-0.25, -0.2) is 9.37 Å². The van der Waals surface area contributed by atoms with Gasteiger partial charge in [0.05, 0.1) is 6.54 Å². The Labute approximate surface area is 143 Å². The number of benzene rings is 1. The van der Waals surface area contributed by atoms with Crippen LogP contribution in [0.2, 0.25) is 0 Å². The topological polar surface area (TPSA) is 24.3 Å². The number of rotatable bonds is 6. The van der Waals surface area contributed by atoms with Gasteiger partial charge in [0.1, 0.15) is 11.6 Å². The third-order valence-corrected chi connectivity index (χ3v) is 4.63. The van der Waals surface area contributed by atoms with E-state index >= 15 is 0 Å². The summed E-state index contributed by atoms with van der Waals surface area (Å²) in [6, 6.07) is 6.87. The number of nitrogens with zero attached hydrogens (tertiary/aromatic N) is 4. The highest BCUT2D eigenvalue weighted by atomic mass is 19.1. The van der Waals surface area contributed by atoms with E-state index in [9.17, 15) is 4.39 Å². The summed E-state index contributed by atoms with van der Waals surface area (Å²) in [5.74, 6) is 1.01. The van der Waals surface area contributed by atoms with Crippen LogP contribution >= 0.6 is 0 Å². The fourth-order valence-corrected chi connectivity index (χ4v) is 3.32. The minimum atomic E-state index is -0.164. The highest BCUT2D eigenvalue weighted by molar-refractivity contribution is 5.15. The van der Waals surface area contributed by atoms with Crippen LogP contribution in [0.1, 0.15) is 31.2 Å². The molecule has 1 aliphatic rings. The van der Waals surface area contributed by atoms with Crippen LogP contribution in [-0.2, 0) is 19.6 Å². The van der Waals surface area contributed by atoms with Crippen molar-refractivity contribution in [3.8, 4) is 0 Å². The van der Waals surface area contributed by atoms with Gasteiger partial charge < -0.3 is 4.57 Å². The fraction of sp³-hybridized carbons (Fsp3) is 0.526. The summed E-state index contributed by atoms with van der Waals surface area (Å²) in [6.45, 7) is 9.38. The molecule has 0 spiro atoms. The minimum absolute atomic E-state index is 0.164. The van der Waals surface area contributed by atoms with Gasteiger partial charge in [0.2, 0.25) is 0 Å². The molecule has 1 aromatic heterocycles. The van der Waals surface area contributed by atoms with Crippen molar-refractivity contribution in [1.29, 1.82) is 0 Å². The molecule has 2 aromatic rings. The van der Waals surface area contributed by atoms with Crippen LogP contribution in [0.25, 0.3) is 0 Å². The Hall–Kier alpha value is -1.72. The molecule has 130 valence electrons. The molecule has 1 fully saturated rings. The molecule has 0 N–H and O–H groups in total. The van der Waals surface area contributed by atoms with E-state index in [0.29, 0.717) is 0 Å². The lowest BCUT2D eigenvalue weighted by Crippen LogP contribution is -2.31. The average molecular weight is 330 g/mol. The van der Waals surface area contributed by atoms with Crippen molar-refractivity contribution < 1.29 is 4.39 Å². The molecule has 2 heterocycles. The lowest BCUT2D eigenvalue weighted by Gasteiger charge is -2.22. The molecule has 0 amide bonds. The van der Waals surface area contributed by atoms with E-state index in [4.69, 9.17) is 0 Å². The first-order valence-corrected chi connectivity index (χ1v) is 8.94. The molecule has 0 saturated carbocycles. The van der Waals surface area contributed by atoms with Crippen molar-refractivity contribution in [2.45, 2.75) is 39.4 Å². The molecule has 24 heavy (non-hydrogen) atoms. The van der Waals surface area contributed by atoms with E-state index in [-0.39, 0.29) is 5.82 Å². The van der Waals surface area contributed by atoms with Crippen LogP contribution < -0.4 is 0 Å². The zero-order chi connectivity index (χ0) is 16.8. The van der Waals surface area contributed by atoms with E-state index in [1.54, 1.807) is 12.1 Å². The van der Waals surface area contributed by atoms with E-state index in [2.05, 4.69) is 32.5 Å². The standard InChI is InChI=1S/C19H27FN4/c1-2-9-24-12-8-21-19(24)16-23-11-3-10-22(13-14-23)15-17-4-6-18(20)7-5-17/h4-8,12H,2-3,9-11,13-16H2,1H3. The van der Waals surface area contributed by atoms with Crippen LogP contribution in [0, 0.1) is 5.82 Å². The number of imidazole rings is 1. The van der Waals surface area contributed by atoms with Gasteiger partial charge in [0.15, 0.2) is 0 Å². The molecule has 1 aromatic carbocycles. The van der Waals surface area contributed by atoms with Crippen molar-refractivity contribution in [2.75, 3.05) is 26.2 Å². The summed E-state index contributed by atoms with van der Waals surface area (Å²) in [7, 11) is 0. The molecular weight excluding hydrogens is 303 g/mol. The van der Waals surface area contributed by atoms with Gasteiger partial charge in [-0.05, 0) is 43.6 Å². The average Bonchev–Trinajstić information content (AvgIpc) is 2.89. The van der Waals surface area contributed by atoms with Crippen molar-refractivity contribution in [1.82, 2.24) is 19.4 Å². The highest BCUT2D eigenvalue weighted by Gasteiger charge is 2.16. The Bertz CT molecular complexity index is 623. The van der Waals surface area contributed by atoms with Crippen LogP contribution in [0.15, 0.2) is 36.7 Å². The zero-order valence-corrected chi connectivity index (χ0v) is 14.5. The molecule has 1 aliphatic heterocycles. The Morgan fingerprint density at radius 2 is 1.71 bits per heavy atom. The Morgan fingerprint density at radius 1 is 1.00 bits per heavy atom. The molecule has 1 saturated heterocycles. The number of aryl methyl sites for hydroxylation is 1. The molecule has 4 nitrogen and oxygen atoms in total. The molecule has 0 radical (unpaired) electrons. The maximum absolute atomic E-state index is 13.0. The van der Waals surface area contributed by atoms with E-state index in [1.165, 1.54) is 11.4 Å². The molecule has 3 rings (SSSR count). The first kappa shape index (κ1) is 17.1. The lowest BCUT2D eigenvalue weighted by atomic mass is 10.2. The third-order valence-electron chi connectivity index (χ3n) is 4.63. The molecule has 5 heteroatoms. The molecule has 0 atom stereocenters. The van der Waals surface area contributed by atoms with Gasteiger partial charge in [0.25, 0.3) is 0 Å². The number of hydrogen-bond donors (Lipinski definition) is 0. The summed E-state index contributed by atoms with van der Waals surface area (Å²) >= 11 is 0.